The Morgan fingerprint density at radius 3 is 2.70 bits per heavy atom. The number of carboxylic acid groups (broad SMARTS) is 1. The molecule has 202 valence electrons. The first kappa shape index (κ1) is 28.8. The van der Waals surface area contributed by atoms with Crippen molar-refractivity contribution in [1.29, 1.82) is 0 Å². The van der Waals surface area contributed by atoms with Crippen molar-refractivity contribution in [3.8, 4) is 5.75 Å². The number of aromatic amines is 1. The first-order chi connectivity index (χ1) is 17.6. The Balaban J connectivity index is 1.33. The van der Waals surface area contributed by atoms with E-state index in [0.29, 0.717) is 40.1 Å². The molecular formula is C24H28F3N3O5S2. The summed E-state index contributed by atoms with van der Waals surface area (Å²) >= 11 is 2.54. The second-order valence-corrected chi connectivity index (χ2v) is 10.5. The Kier molecular flexibility index (Phi) is 10.3. The largest absolute Gasteiger partial charge is 0.506 e. The Labute approximate surface area is 219 Å². The SMILES string of the molecule is O=C(O)N(CCCSCCNC[C@H](O)c1ccc(O)c2[nH]c(=O)sc12)CCc1cccc(C(F)(F)F)c1. The van der Waals surface area contributed by atoms with E-state index in [9.17, 15) is 38.1 Å². The van der Waals surface area contributed by atoms with Crippen LogP contribution in [0.5, 0.6) is 5.75 Å². The van der Waals surface area contributed by atoms with Crippen molar-refractivity contribution in [3.63, 3.8) is 0 Å². The van der Waals surface area contributed by atoms with Gasteiger partial charge in [-0.25, -0.2) is 4.79 Å². The van der Waals surface area contributed by atoms with Gasteiger partial charge in [0.15, 0.2) is 0 Å². The molecule has 0 fully saturated rings. The molecule has 0 aliphatic rings. The summed E-state index contributed by atoms with van der Waals surface area (Å²) in [7, 11) is 0. The molecule has 0 saturated heterocycles. The number of amides is 1. The molecule has 5 N–H and O–H groups in total. The Morgan fingerprint density at radius 2 is 1.97 bits per heavy atom. The zero-order valence-corrected chi connectivity index (χ0v) is 21.4. The van der Waals surface area contributed by atoms with Gasteiger partial charge in [0, 0.05) is 37.5 Å². The number of halogens is 3. The van der Waals surface area contributed by atoms with E-state index in [1.807, 2.05) is 0 Å². The fraction of sp³-hybridized carbons (Fsp3) is 0.417. The summed E-state index contributed by atoms with van der Waals surface area (Å²) in [4.78, 5) is 26.6. The normalized spacial score (nSPS) is 12.6. The molecular weight excluding hydrogens is 531 g/mol. The number of thioether (sulfide) groups is 1. The maximum atomic E-state index is 12.9. The smallest absolute Gasteiger partial charge is 0.416 e. The van der Waals surface area contributed by atoms with Crippen LogP contribution in [0.15, 0.2) is 41.2 Å². The lowest BCUT2D eigenvalue weighted by molar-refractivity contribution is -0.137. The van der Waals surface area contributed by atoms with Gasteiger partial charge in [-0.05, 0) is 36.3 Å². The summed E-state index contributed by atoms with van der Waals surface area (Å²) in [5.41, 5.74) is 0.548. The molecule has 0 unspecified atom stereocenters. The molecule has 0 radical (unpaired) electrons. The molecule has 37 heavy (non-hydrogen) atoms. The molecule has 3 aromatic rings. The first-order valence-corrected chi connectivity index (χ1v) is 13.5. The van der Waals surface area contributed by atoms with Crippen LogP contribution in [-0.4, -0.2) is 69.0 Å². The molecule has 0 aliphatic carbocycles. The summed E-state index contributed by atoms with van der Waals surface area (Å²) in [6.07, 6.45) is -5.61. The van der Waals surface area contributed by atoms with Gasteiger partial charge < -0.3 is 30.5 Å². The van der Waals surface area contributed by atoms with E-state index in [2.05, 4.69) is 10.3 Å². The number of aromatic hydroxyl groups is 1. The third kappa shape index (κ3) is 8.38. The number of phenolic OH excluding ortho intramolecular Hbond substituents is 1. The van der Waals surface area contributed by atoms with Gasteiger partial charge in [0.05, 0.1) is 16.4 Å². The second-order valence-electron chi connectivity index (χ2n) is 8.30. The molecule has 13 heteroatoms. The van der Waals surface area contributed by atoms with E-state index >= 15 is 0 Å². The number of alkyl halides is 3. The quantitative estimate of drug-likeness (QED) is 0.198. The maximum Gasteiger partial charge on any atom is 0.416 e. The minimum Gasteiger partial charge on any atom is -0.506 e. The molecule has 0 spiro atoms. The Bertz CT molecular complexity index is 1250. The maximum absolute atomic E-state index is 12.9. The average Bonchev–Trinajstić information content (AvgIpc) is 3.24. The Hall–Kier alpha value is -2.74. The number of aromatic nitrogens is 1. The summed E-state index contributed by atoms with van der Waals surface area (Å²) in [5.74, 6) is 1.38. The lowest BCUT2D eigenvalue weighted by Crippen LogP contribution is -2.32. The van der Waals surface area contributed by atoms with Crippen LogP contribution in [0.2, 0.25) is 0 Å². The van der Waals surface area contributed by atoms with Crippen LogP contribution in [0.25, 0.3) is 10.2 Å². The van der Waals surface area contributed by atoms with Crippen LogP contribution in [0.3, 0.4) is 0 Å². The van der Waals surface area contributed by atoms with Crippen molar-refractivity contribution in [3.05, 3.63) is 62.8 Å². The van der Waals surface area contributed by atoms with E-state index in [4.69, 9.17) is 0 Å². The number of carbonyl (C=O) groups is 1. The standard InChI is InChI=1S/C24H28F3N3O5S2/c25-24(26,27)16-4-1-3-15(13-16)7-10-30(23(34)35)9-2-11-36-12-8-28-14-19(32)17-5-6-18(31)20-21(17)37-22(33)29-20/h1,3-6,13,19,28,31-32H,2,7-12,14H2,(H,29,33)(H,34,35)/t19-/m0/s1. The van der Waals surface area contributed by atoms with Crippen LogP contribution in [0.1, 0.15) is 29.2 Å². The molecule has 1 atom stereocenters. The predicted molar refractivity (Wildman–Crippen MR) is 139 cm³/mol. The molecule has 1 amide bonds. The number of nitrogens with one attached hydrogen (secondary N) is 2. The topological polar surface area (TPSA) is 126 Å². The highest BCUT2D eigenvalue weighted by Gasteiger charge is 2.30. The van der Waals surface area contributed by atoms with Crippen molar-refractivity contribution < 1.29 is 33.3 Å². The van der Waals surface area contributed by atoms with E-state index in [0.717, 1.165) is 29.2 Å². The third-order valence-corrected chi connectivity index (χ3v) is 7.62. The highest BCUT2D eigenvalue weighted by Crippen LogP contribution is 2.31. The molecule has 0 saturated carbocycles. The third-order valence-electron chi connectivity index (χ3n) is 5.62. The van der Waals surface area contributed by atoms with E-state index in [1.165, 1.54) is 17.0 Å². The number of fused-ring (bicyclic) bond motifs is 1. The Morgan fingerprint density at radius 1 is 1.19 bits per heavy atom. The number of hydrogen-bond acceptors (Lipinski definition) is 7. The van der Waals surface area contributed by atoms with Crippen LogP contribution < -0.4 is 10.2 Å². The molecule has 2 aromatic carbocycles. The number of rotatable bonds is 13. The highest BCUT2D eigenvalue weighted by molar-refractivity contribution is 7.99. The van der Waals surface area contributed by atoms with Crippen molar-refractivity contribution in [1.82, 2.24) is 15.2 Å². The molecule has 1 heterocycles. The van der Waals surface area contributed by atoms with E-state index in [-0.39, 0.29) is 36.7 Å². The minimum atomic E-state index is -4.44. The monoisotopic (exact) mass is 559 g/mol. The lowest BCUT2D eigenvalue weighted by atomic mass is 10.1. The van der Waals surface area contributed by atoms with Crippen molar-refractivity contribution in [2.75, 3.05) is 37.7 Å². The van der Waals surface area contributed by atoms with Crippen molar-refractivity contribution in [2.45, 2.75) is 25.1 Å². The van der Waals surface area contributed by atoms with E-state index in [1.54, 1.807) is 23.9 Å². The van der Waals surface area contributed by atoms with Gasteiger partial charge in [-0.15, -0.1) is 0 Å². The average molecular weight is 560 g/mol. The van der Waals surface area contributed by atoms with Gasteiger partial charge in [0.1, 0.15) is 11.3 Å². The number of phenols is 1. The van der Waals surface area contributed by atoms with Crippen molar-refractivity contribution >= 4 is 39.4 Å². The second kappa shape index (κ2) is 13.2. The number of H-pyrrole nitrogens is 1. The number of thiazole rings is 1. The van der Waals surface area contributed by atoms with Gasteiger partial charge in [0.25, 0.3) is 0 Å². The van der Waals surface area contributed by atoms with Gasteiger partial charge in [0.2, 0.25) is 0 Å². The summed E-state index contributed by atoms with van der Waals surface area (Å²) in [6.45, 7) is 1.25. The number of nitrogens with zero attached hydrogens (tertiary/aromatic N) is 1. The number of hydrogen-bond donors (Lipinski definition) is 5. The lowest BCUT2D eigenvalue weighted by Gasteiger charge is -2.19. The van der Waals surface area contributed by atoms with Crippen LogP contribution >= 0.6 is 23.1 Å². The number of aliphatic hydroxyl groups is 1. The van der Waals surface area contributed by atoms with Gasteiger partial charge in [-0.2, -0.15) is 24.9 Å². The summed E-state index contributed by atoms with van der Waals surface area (Å²) < 4.78 is 39.1. The first-order valence-electron chi connectivity index (χ1n) is 11.5. The molecule has 0 bridgehead atoms. The van der Waals surface area contributed by atoms with Crippen molar-refractivity contribution in [2.24, 2.45) is 0 Å². The van der Waals surface area contributed by atoms with Gasteiger partial charge in [-0.1, -0.05) is 35.6 Å². The van der Waals surface area contributed by atoms with Crippen LogP contribution in [0.4, 0.5) is 18.0 Å². The molecule has 0 aliphatic heterocycles. The summed E-state index contributed by atoms with van der Waals surface area (Å²) in [5, 5.41) is 32.9. The number of aliphatic hydroxyl groups excluding tert-OH is 1. The van der Waals surface area contributed by atoms with Gasteiger partial charge in [-0.3, -0.25) is 4.79 Å². The zero-order valence-electron chi connectivity index (χ0n) is 19.8. The fourth-order valence-electron chi connectivity index (χ4n) is 3.72. The molecule has 3 rings (SSSR count). The minimum absolute atomic E-state index is 0.0502. The van der Waals surface area contributed by atoms with E-state index < -0.39 is 23.9 Å². The fourth-order valence-corrected chi connectivity index (χ4v) is 5.47. The predicted octanol–water partition coefficient (Wildman–Crippen LogP) is 4.28. The highest BCUT2D eigenvalue weighted by atomic mass is 32.2. The molecule has 1 aromatic heterocycles. The van der Waals surface area contributed by atoms with Crippen LogP contribution in [-0.2, 0) is 12.6 Å². The number of benzene rings is 2. The van der Waals surface area contributed by atoms with Gasteiger partial charge >= 0.3 is 17.1 Å². The van der Waals surface area contributed by atoms with Crippen LogP contribution in [0, 0.1) is 0 Å². The summed E-state index contributed by atoms with van der Waals surface area (Å²) in [6, 6.07) is 7.93. The zero-order chi connectivity index (χ0) is 27.0. The molecule has 8 nitrogen and oxygen atoms in total.